The lowest BCUT2D eigenvalue weighted by molar-refractivity contribution is 0.0342. The highest BCUT2D eigenvalue weighted by molar-refractivity contribution is 9.09. The van der Waals surface area contributed by atoms with E-state index in [-0.39, 0.29) is 6.10 Å². The molecule has 0 aliphatic rings. The van der Waals surface area contributed by atoms with Crippen molar-refractivity contribution in [2.24, 2.45) is 0 Å². The van der Waals surface area contributed by atoms with Crippen LogP contribution in [0.2, 0.25) is 0 Å². The van der Waals surface area contributed by atoms with Gasteiger partial charge in [-0.05, 0) is 31.5 Å². The Bertz CT molecular complexity index is 311. The van der Waals surface area contributed by atoms with E-state index in [1.54, 1.807) is 24.3 Å². The lowest BCUT2D eigenvalue weighted by Gasteiger charge is -2.16. The Balaban J connectivity index is 2.70. The van der Waals surface area contributed by atoms with Gasteiger partial charge in [0.05, 0.1) is 12.2 Å². The molecule has 0 saturated carbocycles. The third kappa shape index (κ3) is 3.77. The summed E-state index contributed by atoms with van der Waals surface area (Å²) in [6.07, 6.45) is -1.53. The summed E-state index contributed by atoms with van der Waals surface area (Å²) in [6, 6.07) is 7.10. The van der Waals surface area contributed by atoms with Gasteiger partial charge in [0.1, 0.15) is 11.9 Å². The molecule has 3 nitrogen and oxygen atoms in total. The third-order valence-electron chi connectivity index (χ3n) is 2.12. The molecule has 90 valence electrons. The molecule has 0 radical (unpaired) electrons. The van der Waals surface area contributed by atoms with Crippen LogP contribution in [0.3, 0.4) is 0 Å². The zero-order valence-corrected chi connectivity index (χ0v) is 11.0. The highest BCUT2D eigenvalue weighted by atomic mass is 79.9. The summed E-state index contributed by atoms with van der Waals surface area (Å²) < 4.78 is 5.48. The van der Waals surface area contributed by atoms with Crippen LogP contribution in [0.4, 0.5) is 0 Å². The van der Waals surface area contributed by atoms with Crippen molar-refractivity contribution < 1.29 is 14.9 Å². The minimum atomic E-state index is -0.868. The van der Waals surface area contributed by atoms with Crippen LogP contribution in [0, 0.1) is 0 Å². The predicted molar refractivity (Wildman–Crippen MR) is 67.0 cm³/mol. The molecule has 0 amide bonds. The van der Waals surface area contributed by atoms with Crippen LogP contribution in [0.25, 0.3) is 0 Å². The number of benzene rings is 1. The smallest absolute Gasteiger partial charge is 0.119 e. The summed E-state index contributed by atoms with van der Waals surface area (Å²) in [6.45, 7) is 3.91. The maximum atomic E-state index is 9.74. The van der Waals surface area contributed by atoms with Gasteiger partial charge in [-0.2, -0.15) is 0 Å². The van der Waals surface area contributed by atoms with Crippen LogP contribution in [-0.4, -0.2) is 27.8 Å². The summed E-state index contributed by atoms with van der Waals surface area (Å²) in [7, 11) is 0. The zero-order chi connectivity index (χ0) is 12.1. The first kappa shape index (κ1) is 13.5. The number of hydrogen-bond acceptors (Lipinski definition) is 3. The summed E-state index contributed by atoms with van der Waals surface area (Å²) >= 11 is 3.13. The molecule has 4 heteroatoms. The summed E-state index contributed by atoms with van der Waals surface area (Å²) in [5.74, 6) is 0.763. The largest absolute Gasteiger partial charge is 0.491 e. The average Bonchev–Trinajstić information content (AvgIpc) is 2.27. The van der Waals surface area contributed by atoms with Crippen LogP contribution in [0.15, 0.2) is 24.3 Å². The van der Waals surface area contributed by atoms with Gasteiger partial charge in [-0.1, -0.05) is 28.1 Å². The first-order valence-electron chi connectivity index (χ1n) is 5.23. The predicted octanol–water partition coefficient (Wildman–Crippen LogP) is 2.26. The van der Waals surface area contributed by atoms with Crippen molar-refractivity contribution in [3.8, 4) is 5.75 Å². The molecule has 0 fully saturated rings. The van der Waals surface area contributed by atoms with Crippen LogP contribution in [-0.2, 0) is 0 Å². The zero-order valence-electron chi connectivity index (χ0n) is 9.43. The minimum absolute atomic E-state index is 0.129. The lowest BCUT2D eigenvalue weighted by atomic mass is 10.1. The molecule has 0 aliphatic heterocycles. The third-order valence-corrected chi connectivity index (χ3v) is 2.78. The van der Waals surface area contributed by atoms with Gasteiger partial charge >= 0.3 is 0 Å². The number of hydrogen-bond donors (Lipinski definition) is 2. The van der Waals surface area contributed by atoms with E-state index in [2.05, 4.69) is 15.9 Å². The fourth-order valence-electron chi connectivity index (χ4n) is 1.32. The van der Waals surface area contributed by atoms with Gasteiger partial charge in [0.25, 0.3) is 0 Å². The average molecular weight is 289 g/mol. The molecule has 0 bridgehead atoms. The molecule has 0 saturated heterocycles. The molecule has 2 atom stereocenters. The molecule has 0 aromatic heterocycles. The Hall–Kier alpha value is -0.580. The normalized spacial score (nSPS) is 14.9. The molecule has 1 rings (SSSR count). The van der Waals surface area contributed by atoms with Gasteiger partial charge in [-0.25, -0.2) is 0 Å². The van der Waals surface area contributed by atoms with Gasteiger partial charge in [0, 0.05) is 5.33 Å². The molecule has 2 N–H and O–H groups in total. The van der Waals surface area contributed by atoms with Crippen molar-refractivity contribution in [3.63, 3.8) is 0 Å². The highest BCUT2D eigenvalue weighted by Crippen LogP contribution is 2.21. The molecule has 1 aromatic rings. The minimum Gasteiger partial charge on any atom is -0.491 e. The second-order valence-corrected chi connectivity index (χ2v) is 4.55. The fraction of sp³-hybridized carbons (Fsp3) is 0.500. The number of halogens is 1. The molecule has 1 aromatic carbocycles. The Kier molecular flexibility index (Phi) is 5.25. The van der Waals surface area contributed by atoms with E-state index in [0.717, 1.165) is 5.75 Å². The van der Waals surface area contributed by atoms with Crippen molar-refractivity contribution in [2.45, 2.75) is 32.2 Å². The monoisotopic (exact) mass is 288 g/mol. The summed E-state index contributed by atoms with van der Waals surface area (Å²) in [4.78, 5) is 0. The molecular formula is C12H17BrO3. The second-order valence-electron chi connectivity index (χ2n) is 3.90. The Morgan fingerprint density at radius 2 is 1.75 bits per heavy atom. The summed E-state index contributed by atoms with van der Waals surface area (Å²) in [5.41, 5.74) is 0.683. The van der Waals surface area contributed by atoms with Crippen LogP contribution < -0.4 is 4.74 Å². The molecular weight excluding hydrogens is 272 g/mol. The van der Waals surface area contributed by atoms with Crippen molar-refractivity contribution in [1.82, 2.24) is 0 Å². The van der Waals surface area contributed by atoms with Gasteiger partial charge in [-0.15, -0.1) is 0 Å². The number of ether oxygens (including phenoxy) is 1. The highest BCUT2D eigenvalue weighted by Gasteiger charge is 2.16. The van der Waals surface area contributed by atoms with Crippen LogP contribution >= 0.6 is 15.9 Å². The van der Waals surface area contributed by atoms with E-state index in [1.807, 2.05) is 13.8 Å². The van der Waals surface area contributed by atoms with E-state index in [1.165, 1.54) is 0 Å². The SMILES string of the molecule is CC(C)Oc1ccc(C(O)C(O)CBr)cc1. The number of aliphatic hydroxyl groups excluding tert-OH is 2. The van der Waals surface area contributed by atoms with Crippen molar-refractivity contribution in [2.75, 3.05) is 5.33 Å². The van der Waals surface area contributed by atoms with Gasteiger partial charge in [0.15, 0.2) is 0 Å². The van der Waals surface area contributed by atoms with E-state index >= 15 is 0 Å². The maximum Gasteiger partial charge on any atom is 0.119 e. The Morgan fingerprint density at radius 3 is 2.19 bits per heavy atom. The molecule has 0 spiro atoms. The quantitative estimate of drug-likeness (QED) is 0.817. The van der Waals surface area contributed by atoms with Gasteiger partial charge in [0.2, 0.25) is 0 Å². The first-order valence-corrected chi connectivity index (χ1v) is 6.35. The first-order chi connectivity index (χ1) is 7.54. The Morgan fingerprint density at radius 1 is 1.19 bits per heavy atom. The standard InChI is InChI=1S/C12H17BrO3/c1-8(2)16-10-5-3-9(4-6-10)12(15)11(14)7-13/h3-6,8,11-12,14-15H,7H2,1-2H3. The number of aliphatic hydroxyl groups is 2. The Labute approximate surface area is 104 Å². The van der Waals surface area contributed by atoms with E-state index in [0.29, 0.717) is 10.9 Å². The van der Waals surface area contributed by atoms with Gasteiger partial charge < -0.3 is 14.9 Å². The topological polar surface area (TPSA) is 49.7 Å². The maximum absolute atomic E-state index is 9.74. The molecule has 16 heavy (non-hydrogen) atoms. The van der Waals surface area contributed by atoms with Crippen molar-refractivity contribution in [3.05, 3.63) is 29.8 Å². The number of rotatable bonds is 5. The molecule has 0 heterocycles. The van der Waals surface area contributed by atoms with E-state index in [9.17, 15) is 10.2 Å². The second kappa shape index (κ2) is 6.23. The van der Waals surface area contributed by atoms with Crippen molar-refractivity contribution in [1.29, 1.82) is 0 Å². The molecule has 0 aliphatic carbocycles. The van der Waals surface area contributed by atoms with E-state index < -0.39 is 12.2 Å². The lowest BCUT2D eigenvalue weighted by Crippen LogP contribution is -2.19. The molecule has 2 unspecified atom stereocenters. The number of alkyl halides is 1. The summed E-state index contributed by atoms with van der Waals surface area (Å²) in [5, 5.41) is 19.6. The van der Waals surface area contributed by atoms with Crippen molar-refractivity contribution >= 4 is 15.9 Å². The van der Waals surface area contributed by atoms with Crippen LogP contribution in [0.5, 0.6) is 5.75 Å². The fourth-order valence-corrected chi connectivity index (χ4v) is 1.68. The van der Waals surface area contributed by atoms with Gasteiger partial charge in [-0.3, -0.25) is 0 Å². The van der Waals surface area contributed by atoms with Crippen LogP contribution in [0.1, 0.15) is 25.5 Å². The van der Waals surface area contributed by atoms with E-state index in [4.69, 9.17) is 4.74 Å².